The molecule has 1 aliphatic rings. The van der Waals surface area contributed by atoms with Crippen molar-refractivity contribution in [2.45, 2.75) is 39.2 Å². The van der Waals surface area contributed by atoms with Crippen molar-refractivity contribution in [3.05, 3.63) is 28.6 Å². The molecular weight excluding hydrogens is 254 g/mol. The summed E-state index contributed by atoms with van der Waals surface area (Å²) in [6.45, 7) is 2.39. The number of ether oxygens (including phenoxy) is 1. The minimum absolute atomic E-state index is 0.253. The zero-order valence-electron chi connectivity index (χ0n) is 11.9. The van der Waals surface area contributed by atoms with Crippen molar-refractivity contribution in [1.82, 2.24) is 10.1 Å². The van der Waals surface area contributed by atoms with E-state index in [9.17, 15) is 0 Å². The van der Waals surface area contributed by atoms with E-state index >= 15 is 0 Å². The van der Waals surface area contributed by atoms with Crippen molar-refractivity contribution < 1.29 is 9.26 Å². The molecule has 0 aliphatic heterocycles. The van der Waals surface area contributed by atoms with Gasteiger partial charge in [-0.2, -0.15) is 4.98 Å². The molecule has 5 nitrogen and oxygen atoms in total. The number of nitrogens with two attached hydrogens (primary N) is 1. The molecule has 1 aromatic carbocycles. The second-order valence-electron chi connectivity index (χ2n) is 5.15. The number of hydrogen-bond acceptors (Lipinski definition) is 5. The van der Waals surface area contributed by atoms with E-state index < -0.39 is 0 Å². The monoisotopic (exact) mass is 273 g/mol. The molecule has 1 aliphatic carbocycles. The van der Waals surface area contributed by atoms with Gasteiger partial charge >= 0.3 is 0 Å². The minimum Gasteiger partial charge on any atom is -0.496 e. The highest BCUT2D eigenvalue weighted by Gasteiger charge is 2.23. The number of nitrogens with zero attached hydrogens (tertiary/aromatic N) is 2. The summed E-state index contributed by atoms with van der Waals surface area (Å²) in [5.41, 5.74) is 10.5. The SMILES string of the molecule is COc1cc(C)c2c(c1-c1noc(CN)n1)CCCC2. The Hall–Kier alpha value is -1.88. The van der Waals surface area contributed by atoms with Crippen LogP contribution in [-0.2, 0) is 19.4 Å². The van der Waals surface area contributed by atoms with E-state index in [1.165, 1.54) is 29.5 Å². The molecule has 0 unspecified atom stereocenters. The fraction of sp³-hybridized carbons (Fsp3) is 0.467. The van der Waals surface area contributed by atoms with Gasteiger partial charge < -0.3 is 15.0 Å². The summed E-state index contributed by atoms with van der Waals surface area (Å²) >= 11 is 0. The van der Waals surface area contributed by atoms with Gasteiger partial charge in [0.25, 0.3) is 0 Å². The van der Waals surface area contributed by atoms with E-state index in [0.29, 0.717) is 11.7 Å². The lowest BCUT2D eigenvalue weighted by Crippen LogP contribution is -2.09. The topological polar surface area (TPSA) is 74.2 Å². The Bertz CT molecular complexity index is 634. The van der Waals surface area contributed by atoms with Crippen molar-refractivity contribution in [2.75, 3.05) is 7.11 Å². The molecule has 20 heavy (non-hydrogen) atoms. The second kappa shape index (κ2) is 5.25. The molecule has 0 saturated heterocycles. The Labute approximate surface area is 118 Å². The van der Waals surface area contributed by atoms with Crippen LogP contribution in [0.2, 0.25) is 0 Å². The van der Waals surface area contributed by atoms with Crippen LogP contribution < -0.4 is 10.5 Å². The fourth-order valence-corrected chi connectivity index (χ4v) is 2.97. The summed E-state index contributed by atoms with van der Waals surface area (Å²) in [6.07, 6.45) is 4.57. The molecular formula is C15H19N3O2. The number of benzene rings is 1. The maximum Gasteiger partial charge on any atom is 0.240 e. The van der Waals surface area contributed by atoms with E-state index in [0.717, 1.165) is 24.2 Å². The number of aromatic nitrogens is 2. The molecule has 0 saturated carbocycles. The van der Waals surface area contributed by atoms with Gasteiger partial charge in [-0.3, -0.25) is 0 Å². The van der Waals surface area contributed by atoms with E-state index in [4.69, 9.17) is 15.0 Å². The third kappa shape index (κ3) is 2.08. The molecule has 0 spiro atoms. The average molecular weight is 273 g/mol. The smallest absolute Gasteiger partial charge is 0.240 e. The van der Waals surface area contributed by atoms with Gasteiger partial charge in [0.1, 0.15) is 5.75 Å². The number of fused-ring (bicyclic) bond motifs is 1. The van der Waals surface area contributed by atoms with E-state index in [1.54, 1.807) is 7.11 Å². The van der Waals surface area contributed by atoms with Crippen LogP contribution in [0.15, 0.2) is 10.6 Å². The van der Waals surface area contributed by atoms with Crippen molar-refractivity contribution in [3.63, 3.8) is 0 Å². The highest BCUT2D eigenvalue weighted by atomic mass is 16.5. The van der Waals surface area contributed by atoms with Gasteiger partial charge in [0.2, 0.25) is 11.7 Å². The first-order valence-electron chi connectivity index (χ1n) is 6.97. The zero-order valence-corrected chi connectivity index (χ0v) is 11.9. The fourth-order valence-electron chi connectivity index (χ4n) is 2.97. The quantitative estimate of drug-likeness (QED) is 0.929. The third-order valence-corrected chi connectivity index (χ3v) is 3.93. The molecule has 0 radical (unpaired) electrons. The van der Waals surface area contributed by atoms with Gasteiger partial charge in [0.05, 0.1) is 19.2 Å². The summed E-state index contributed by atoms with van der Waals surface area (Å²) in [7, 11) is 1.68. The number of methoxy groups -OCH3 is 1. The Kier molecular flexibility index (Phi) is 3.44. The molecule has 106 valence electrons. The average Bonchev–Trinajstić information content (AvgIpc) is 2.95. The van der Waals surface area contributed by atoms with Crippen molar-refractivity contribution in [1.29, 1.82) is 0 Å². The lowest BCUT2D eigenvalue weighted by Gasteiger charge is -2.22. The van der Waals surface area contributed by atoms with Crippen LogP contribution in [0.1, 0.15) is 35.4 Å². The molecule has 0 atom stereocenters. The normalized spacial score (nSPS) is 14.2. The number of hydrogen-bond donors (Lipinski definition) is 1. The molecule has 1 aromatic heterocycles. The van der Waals surface area contributed by atoms with Crippen molar-refractivity contribution >= 4 is 0 Å². The van der Waals surface area contributed by atoms with E-state index in [2.05, 4.69) is 23.1 Å². The van der Waals surface area contributed by atoms with Crippen LogP contribution in [0.5, 0.6) is 5.75 Å². The molecule has 0 bridgehead atoms. The maximum atomic E-state index is 5.55. The number of rotatable bonds is 3. The zero-order chi connectivity index (χ0) is 14.1. The van der Waals surface area contributed by atoms with Crippen molar-refractivity contribution in [2.24, 2.45) is 5.73 Å². The molecule has 3 rings (SSSR count). The first-order chi connectivity index (χ1) is 9.74. The lowest BCUT2D eigenvalue weighted by molar-refractivity contribution is 0.379. The highest BCUT2D eigenvalue weighted by Crippen LogP contribution is 2.39. The summed E-state index contributed by atoms with van der Waals surface area (Å²) in [5.74, 6) is 1.85. The van der Waals surface area contributed by atoms with E-state index in [-0.39, 0.29) is 6.54 Å². The summed E-state index contributed by atoms with van der Waals surface area (Å²) < 4.78 is 10.7. The second-order valence-corrected chi connectivity index (χ2v) is 5.15. The minimum atomic E-state index is 0.253. The Morgan fingerprint density at radius 3 is 2.70 bits per heavy atom. The van der Waals surface area contributed by atoms with Gasteiger partial charge in [0.15, 0.2) is 0 Å². The van der Waals surface area contributed by atoms with Gasteiger partial charge in [-0.05, 0) is 55.4 Å². The van der Waals surface area contributed by atoms with Crippen LogP contribution in [-0.4, -0.2) is 17.3 Å². The Morgan fingerprint density at radius 2 is 2.05 bits per heavy atom. The standard InChI is InChI=1S/C15H19N3O2/c1-9-7-12(19-2)14(11-6-4-3-5-10(9)11)15-17-13(8-16)20-18-15/h7H,3-6,8,16H2,1-2H3. The first-order valence-corrected chi connectivity index (χ1v) is 6.97. The van der Waals surface area contributed by atoms with Crippen LogP contribution in [0, 0.1) is 6.92 Å². The summed E-state index contributed by atoms with van der Waals surface area (Å²) in [6, 6.07) is 2.07. The van der Waals surface area contributed by atoms with Crippen LogP contribution >= 0.6 is 0 Å². The molecule has 1 heterocycles. The Balaban J connectivity index is 2.21. The highest BCUT2D eigenvalue weighted by molar-refractivity contribution is 5.71. The predicted octanol–water partition coefficient (Wildman–Crippen LogP) is 2.39. The summed E-state index contributed by atoms with van der Waals surface area (Å²) in [5, 5.41) is 4.06. The predicted molar refractivity (Wildman–Crippen MR) is 75.6 cm³/mol. The summed E-state index contributed by atoms with van der Waals surface area (Å²) in [4.78, 5) is 4.36. The molecule has 5 heteroatoms. The maximum absolute atomic E-state index is 5.55. The van der Waals surface area contributed by atoms with E-state index in [1.807, 2.05) is 0 Å². The Morgan fingerprint density at radius 1 is 1.30 bits per heavy atom. The molecule has 2 aromatic rings. The van der Waals surface area contributed by atoms with Gasteiger partial charge in [0, 0.05) is 0 Å². The third-order valence-electron chi connectivity index (χ3n) is 3.93. The van der Waals surface area contributed by atoms with Gasteiger partial charge in [-0.25, -0.2) is 0 Å². The van der Waals surface area contributed by atoms with Crippen LogP contribution in [0.3, 0.4) is 0 Å². The van der Waals surface area contributed by atoms with Crippen LogP contribution in [0.4, 0.5) is 0 Å². The number of aryl methyl sites for hydroxylation is 1. The van der Waals surface area contributed by atoms with Gasteiger partial charge in [-0.1, -0.05) is 5.16 Å². The van der Waals surface area contributed by atoms with Crippen LogP contribution in [0.25, 0.3) is 11.4 Å². The molecule has 2 N–H and O–H groups in total. The van der Waals surface area contributed by atoms with Crippen molar-refractivity contribution in [3.8, 4) is 17.1 Å². The largest absolute Gasteiger partial charge is 0.496 e. The molecule has 0 fully saturated rings. The molecule has 0 amide bonds. The van der Waals surface area contributed by atoms with Gasteiger partial charge in [-0.15, -0.1) is 0 Å². The first kappa shape index (κ1) is 13.1. The lowest BCUT2D eigenvalue weighted by atomic mass is 9.84.